The van der Waals surface area contributed by atoms with E-state index in [1.165, 1.54) is 0 Å². The van der Waals surface area contributed by atoms with Gasteiger partial charge in [-0.05, 0) is 25.2 Å². The van der Waals surface area contributed by atoms with Crippen LogP contribution in [0.25, 0.3) is 0 Å². The Kier molecular flexibility index (Phi) is 4.81. The molecule has 0 radical (unpaired) electrons. The van der Waals surface area contributed by atoms with Crippen molar-refractivity contribution >= 4 is 8.56 Å². The Morgan fingerprint density at radius 3 is 2.33 bits per heavy atom. The zero-order valence-electron chi connectivity index (χ0n) is 9.53. The summed E-state index contributed by atoms with van der Waals surface area (Å²) in [6.45, 7) is 5.15. The van der Waals surface area contributed by atoms with Gasteiger partial charge in [-0.1, -0.05) is 18.2 Å². The number of hydrogen-bond donors (Lipinski definition) is 0. The average Bonchev–Trinajstić information content (AvgIpc) is 2.26. The normalized spacial score (nSPS) is 11.4. The van der Waals surface area contributed by atoms with E-state index in [2.05, 4.69) is 0 Å². The maximum absolute atomic E-state index is 5.59. The van der Waals surface area contributed by atoms with Crippen LogP contribution < -0.4 is 4.74 Å². The van der Waals surface area contributed by atoms with E-state index in [9.17, 15) is 0 Å². The minimum absolute atomic E-state index is 0.559. The molecule has 1 aromatic rings. The summed E-state index contributed by atoms with van der Waals surface area (Å²) in [6.07, 6.45) is 0. The predicted molar refractivity (Wildman–Crippen MR) is 62.4 cm³/mol. The highest BCUT2D eigenvalue weighted by Crippen LogP contribution is 2.08. The average molecular weight is 226 g/mol. The van der Waals surface area contributed by atoms with Crippen LogP contribution in [0.15, 0.2) is 30.3 Å². The Bertz CT molecular complexity index is 274. The van der Waals surface area contributed by atoms with Gasteiger partial charge in [-0.3, -0.25) is 0 Å². The second kappa shape index (κ2) is 5.90. The second-order valence-corrected chi connectivity index (χ2v) is 7.11. The molecule has 0 saturated heterocycles. The van der Waals surface area contributed by atoms with E-state index < -0.39 is 8.56 Å². The SMILES string of the molecule is CO[Si](C)(C)OCCOc1ccccc1. The number of hydrogen-bond acceptors (Lipinski definition) is 3. The molecule has 0 heterocycles. The largest absolute Gasteiger partial charge is 0.491 e. The fraction of sp³-hybridized carbons (Fsp3) is 0.455. The lowest BCUT2D eigenvalue weighted by Gasteiger charge is -2.20. The lowest BCUT2D eigenvalue weighted by molar-refractivity contribution is 0.167. The molecular formula is C11H18O3Si. The van der Waals surface area contributed by atoms with Crippen molar-refractivity contribution in [2.75, 3.05) is 20.3 Å². The van der Waals surface area contributed by atoms with Crippen molar-refractivity contribution < 1.29 is 13.6 Å². The second-order valence-electron chi connectivity index (χ2n) is 3.61. The van der Waals surface area contributed by atoms with E-state index in [1.807, 2.05) is 43.4 Å². The maximum Gasteiger partial charge on any atom is 0.331 e. The van der Waals surface area contributed by atoms with Crippen LogP contribution >= 0.6 is 0 Å². The predicted octanol–water partition coefficient (Wildman–Crippen LogP) is 2.43. The third-order valence-electron chi connectivity index (χ3n) is 2.04. The van der Waals surface area contributed by atoms with Gasteiger partial charge in [0.15, 0.2) is 0 Å². The molecule has 1 aromatic carbocycles. The molecule has 0 aliphatic rings. The number of para-hydroxylation sites is 1. The molecule has 0 fully saturated rings. The summed E-state index contributed by atoms with van der Waals surface area (Å²) in [4.78, 5) is 0. The van der Waals surface area contributed by atoms with Crippen LogP contribution in [0, 0.1) is 0 Å². The highest BCUT2D eigenvalue weighted by Gasteiger charge is 2.21. The van der Waals surface area contributed by atoms with Gasteiger partial charge in [-0.25, -0.2) is 0 Å². The fourth-order valence-corrected chi connectivity index (χ4v) is 1.72. The molecule has 0 spiro atoms. The quantitative estimate of drug-likeness (QED) is 0.551. The van der Waals surface area contributed by atoms with E-state index >= 15 is 0 Å². The van der Waals surface area contributed by atoms with Crippen LogP contribution in [0.5, 0.6) is 5.75 Å². The molecular weight excluding hydrogens is 208 g/mol. The Morgan fingerprint density at radius 2 is 1.73 bits per heavy atom. The van der Waals surface area contributed by atoms with Crippen LogP contribution in [0.2, 0.25) is 13.1 Å². The first-order valence-electron chi connectivity index (χ1n) is 5.01. The number of benzene rings is 1. The Balaban J connectivity index is 2.18. The van der Waals surface area contributed by atoms with Crippen molar-refractivity contribution in [3.05, 3.63) is 30.3 Å². The van der Waals surface area contributed by atoms with Gasteiger partial charge >= 0.3 is 8.56 Å². The third-order valence-corrected chi connectivity index (χ3v) is 3.92. The molecule has 0 aliphatic carbocycles. The molecule has 0 aliphatic heterocycles. The zero-order valence-corrected chi connectivity index (χ0v) is 10.5. The first kappa shape index (κ1) is 12.2. The van der Waals surface area contributed by atoms with Crippen molar-refractivity contribution in [1.82, 2.24) is 0 Å². The van der Waals surface area contributed by atoms with Gasteiger partial charge in [0, 0.05) is 7.11 Å². The van der Waals surface area contributed by atoms with Gasteiger partial charge in [-0.2, -0.15) is 0 Å². The van der Waals surface area contributed by atoms with Gasteiger partial charge in [0.1, 0.15) is 12.4 Å². The summed E-state index contributed by atoms with van der Waals surface area (Å²) in [7, 11) is -0.211. The van der Waals surface area contributed by atoms with Crippen molar-refractivity contribution in [1.29, 1.82) is 0 Å². The molecule has 1 rings (SSSR count). The van der Waals surface area contributed by atoms with Gasteiger partial charge in [-0.15, -0.1) is 0 Å². The summed E-state index contributed by atoms with van der Waals surface area (Å²) >= 11 is 0. The topological polar surface area (TPSA) is 27.7 Å². The van der Waals surface area contributed by atoms with Crippen LogP contribution in [0.4, 0.5) is 0 Å². The number of rotatable bonds is 6. The minimum Gasteiger partial charge on any atom is -0.491 e. The van der Waals surface area contributed by atoms with Crippen LogP contribution in [0.3, 0.4) is 0 Å². The Hall–Kier alpha value is -0.843. The molecule has 0 saturated carbocycles. The van der Waals surface area contributed by atoms with E-state index in [1.54, 1.807) is 7.11 Å². The summed E-state index contributed by atoms with van der Waals surface area (Å²) < 4.78 is 16.3. The van der Waals surface area contributed by atoms with Crippen molar-refractivity contribution in [3.63, 3.8) is 0 Å². The van der Waals surface area contributed by atoms with E-state index in [4.69, 9.17) is 13.6 Å². The molecule has 0 amide bonds. The van der Waals surface area contributed by atoms with Crippen molar-refractivity contribution in [2.24, 2.45) is 0 Å². The molecule has 0 unspecified atom stereocenters. The summed E-state index contributed by atoms with van der Waals surface area (Å²) in [5.41, 5.74) is 0. The van der Waals surface area contributed by atoms with Crippen LogP contribution in [-0.2, 0) is 8.85 Å². The molecule has 15 heavy (non-hydrogen) atoms. The lowest BCUT2D eigenvalue weighted by Crippen LogP contribution is -2.34. The standard InChI is InChI=1S/C11H18O3Si/c1-12-15(2,3)14-10-9-13-11-7-5-4-6-8-11/h4-8H,9-10H2,1-3H3. The van der Waals surface area contributed by atoms with E-state index in [-0.39, 0.29) is 0 Å². The first-order chi connectivity index (χ1) is 7.14. The monoisotopic (exact) mass is 226 g/mol. The zero-order chi connectivity index (χ0) is 11.1. The van der Waals surface area contributed by atoms with Gasteiger partial charge in [0.05, 0.1) is 6.61 Å². The molecule has 84 valence electrons. The van der Waals surface area contributed by atoms with Crippen molar-refractivity contribution in [2.45, 2.75) is 13.1 Å². The van der Waals surface area contributed by atoms with Crippen molar-refractivity contribution in [3.8, 4) is 5.75 Å². The highest BCUT2D eigenvalue weighted by molar-refractivity contribution is 6.64. The molecule has 0 aromatic heterocycles. The summed E-state index contributed by atoms with van der Waals surface area (Å²) in [5, 5.41) is 0. The van der Waals surface area contributed by atoms with Crippen LogP contribution in [0.1, 0.15) is 0 Å². The van der Waals surface area contributed by atoms with Gasteiger partial charge in [0.2, 0.25) is 0 Å². The highest BCUT2D eigenvalue weighted by atomic mass is 28.4. The Labute approximate surface area is 92.2 Å². The molecule has 4 heteroatoms. The van der Waals surface area contributed by atoms with Gasteiger partial charge < -0.3 is 13.6 Å². The first-order valence-corrected chi connectivity index (χ1v) is 7.83. The molecule has 0 N–H and O–H groups in total. The van der Waals surface area contributed by atoms with E-state index in [0.29, 0.717) is 13.2 Å². The molecule has 3 nitrogen and oxygen atoms in total. The van der Waals surface area contributed by atoms with Gasteiger partial charge in [0.25, 0.3) is 0 Å². The summed E-state index contributed by atoms with van der Waals surface area (Å²) in [5.74, 6) is 0.873. The smallest absolute Gasteiger partial charge is 0.331 e. The van der Waals surface area contributed by atoms with Crippen LogP contribution in [-0.4, -0.2) is 28.9 Å². The lowest BCUT2D eigenvalue weighted by atomic mass is 10.3. The number of ether oxygens (including phenoxy) is 1. The summed E-state index contributed by atoms with van der Waals surface area (Å²) in [6, 6.07) is 9.72. The fourth-order valence-electron chi connectivity index (χ4n) is 1.02. The maximum atomic E-state index is 5.59. The minimum atomic E-state index is -1.90. The van der Waals surface area contributed by atoms with E-state index in [0.717, 1.165) is 5.75 Å². The third kappa shape index (κ3) is 4.97. The molecule has 0 atom stereocenters. The molecule has 0 bridgehead atoms. The Morgan fingerprint density at radius 1 is 1.07 bits per heavy atom.